The maximum Gasteiger partial charge on any atom is 0.127 e. The second kappa shape index (κ2) is 7.89. The van der Waals surface area contributed by atoms with Crippen LogP contribution in [0.1, 0.15) is 37.8 Å². The van der Waals surface area contributed by atoms with E-state index < -0.39 is 5.41 Å². The van der Waals surface area contributed by atoms with Gasteiger partial charge in [-0.25, -0.2) is 8.78 Å². The first-order valence-electron chi connectivity index (χ1n) is 8.56. The van der Waals surface area contributed by atoms with E-state index in [1.807, 2.05) is 33.2 Å². The summed E-state index contributed by atoms with van der Waals surface area (Å²) in [6.07, 6.45) is 1.87. The number of nitrogens with zero attached hydrogens (tertiary/aromatic N) is 1. The molecule has 0 N–H and O–H groups in total. The Bertz CT molecular complexity index is 621. The van der Waals surface area contributed by atoms with Crippen LogP contribution in [-0.2, 0) is 5.41 Å². The largest absolute Gasteiger partial charge is 0.309 e. The number of benzene rings is 2. The molecule has 1 nitrogen and oxygen atoms in total. The van der Waals surface area contributed by atoms with Crippen molar-refractivity contribution < 1.29 is 8.78 Å². The monoisotopic (exact) mass is 331 g/mol. The smallest absolute Gasteiger partial charge is 0.127 e. The summed E-state index contributed by atoms with van der Waals surface area (Å²) in [5.74, 6) is -0.447. The summed E-state index contributed by atoms with van der Waals surface area (Å²) in [6.45, 7) is 4.87. The van der Waals surface area contributed by atoms with Gasteiger partial charge < -0.3 is 4.90 Å². The highest BCUT2D eigenvalue weighted by Crippen LogP contribution is 2.43. The molecule has 3 heteroatoms. The van der Waals surface area contributed by atoms with Crippen LogP contribution in [0.25, 0.3) is 0 Å². The van der Waals surface area contributed by atoms with E-state index in [1.165, 1.54) is 12.1 Å². The molecular formula is C21H27F2N. The van der Waals surface area contributed by atoms with Gasteiger partial charge in [-0.3, -0.25) is 0 Å². The molecule has 24 heavy (non-hydrogen) atoms. The highest BCUT2D eigenvalue weighted by atomic mass is 19.1. The van der Waals surface area contributed by atoms with Crippen molar-refractivity contribution in [1.29, 1.82) is 0 Å². The summed E-state index contributed by atoms with van der Waals surface area (Å²) in [5, 5.41) is 0. The summed E-state index contributed by atoms with van der Waals surface area (Å²) < 4.78 is 29.4. The SMILES string of the molecule is CCCC(CN(C)C)C(C)(c1ccccc1F)c1ccccc1F. The van der Waals surface area contributed by atoms with Gasteiger partial charge in [0.25, 0.3) is 0 Å². The second-order valence-electron chi connectivity index (χ2n) is 6.91. The molecular weight excluding hydrogens is 304 g/mol. The van der Waals surface area contributed by atoms with Crippen LogP contribution in [0.3, 0.4) is 0 Å². The quantitative estimate of drug-likeness (QED) is 0.670. The molecule has 130 valence electrons. The van der Waals surface area contributed by atoms with E-state index in [2.05, 4.69) is 11.8 Å². The molecule has 0 heterocycles. The van der Waals surface area contributed by atoms with Crippen LogP contribution in [-0.4, -0.2) is 25.5 Å². The fourth-order valence-corrected chi connectivity index (χ4v) is 3.70. The van der Waals surface area contributed by atoms with Gasteiger partial charge in [0.1, 0.15) is 11.6 Å². The van der Waals surface area contributed by atoms with Crippen LogP contribution in [0.5, 0.6) is 0 Å². The minimum atomic E-state index is -0.725. The van der Waals surface area contributed by atoms with E-state index in [-0.39, 0.29) is 17.6 Å². The van der Waals surface area contributed by atoms with Gasteiger partial charge in [0.05, 0.1) is 0 Å². The molecule has 2 rings (SSSR count). The normalized spacial score (nSPS) is 13.3. The van der Waals surface area contributed by atoms with E-state index in [9.17, 15) is 8.78 Å². The van der Waals surface area contributed by atoms with Gasteiger partial charge in [-0.1, -0.05) is 56.7 Å². The Kier molecular flexibility index (Phi) is 6.11. The third-order valence-electron chi connectivity index (χ3n) is 4.91. The van der Waals surface area contributed by atoms with Crippen molar-refractivity contribution in [1.82, 2.24) is 4.90 Å². The molecule has 0 aliphatic rings. The lowest BCUT2D eigenvalue weighted by Gasteiger charge is -2.40. The minimum absolute atomic E-state index is 0.103. The van der Waals surface area contributed by atoms with Gasteiger partial charge in [-0.15, -0.1) is 0 Å². The highest BCUT2D eigenvalue weighted by Gasteiger charge is 2.40. The number of rotatable bonds is 7. The summed E-state index contributed by atoms with van der Waals surface area (Å²) in [6, 6.07) is 13.5. The molecule has 0 aliphatic carbocycles. The van der Waals surface area contributed by atoms with Gasteiger partial charge in [-0.05, 0) is 49.7 Å². The predicted octanol–water partition coefficient (Wildman–Crippen LogP) is 5.25. The Balaban J connectivity index is 2.69. The summed E-state index contributed by atoms with van der Waals surface area (Å²) in [7, 11) is 4.01. The maximum atomic E-state index is 14.7. The first-order valence-corrected chi connectivity index (χ1v) is 8.56. The van der Waals surface area contributed by atoms with Crippen LogP contribution in [0.4, 0.5) is 8.78 Å². The Morgan fingerprint density at radius 1 is 0.917 bits per heavy atom. The van der Waals surface area contributed by atoms with E-state index in [4.69, 9.17) is 0 Å². The van der Waals surface area contributed by atoms with Crippen LogP contribution in [0, 0.1) is 17.6 Å². The predicted molar refractivity (Wildman–Crippen MR) is 96.2 cm³/mol. The molecule has 1 atom stereocenters. The molecule has 0 radical (unpaired) electrons. The third kappa shape index (κ3) is 3.67. The average molecular weight is 331 g/mol. The molecule has 2 aromatic carbocycles. The maximum absolute atomic E-state index is 14.7. The van der Waals surface area contributed by atoms with Gasteiger partial charge in [0.15, 0.2) is 0 Å². The topological polar surface area (TPSA) is 3.24 Å². The van der Waals surface area contributed by atoms with Crippen LogP contribution in [0.15, 0.2) is 48.5 Å². The van der Waals surface area contributed by atoms with Crippen LogP contribution in [0.2, 0.25) is 0 Å². The molecule has 0 spiro atoms. The molecule has 0 amide bonds. The summed E-state index contributed by atoms with van der Waals surface area (Å²) >= 11 is 0. The molecule has 1 unspecified atom stereocenters. The third-order valence-corrected chi connectivity index (χ3v) is 4.91. The molecule has 2 aromatic rings. The molecule has 0 aromatic heterocycles. The van der Waals surface area contributed by atoms with E-state index in [1.54, 1.807) is 24.3 Å². The fraction of sp³-hybridized carbons (Fsp3) is 0.429. The van der Waals surface area contributed by atoms with E-state index in [0.717, 1.165) is 19.4 Å². The lowest BCUT2D eigenvalue weighted by Crippen LogP contribution is -2.40. The van der Waals surface area contributed by atoms with Gasteiger partial charge in [-0.2, -0.15) is 0 Å². The molecule has 0 bridgehead atoms. The van der Waals surface area contributed by atoms with E-state index >= 15 is 0 Å². The average Bonchev–Trinajstić information content (AvgIpc) is 2.54. The van der Waals surface area contributed by atoms with Crippen LogP contribution < -0.4 is 0 Å². The highest BCUT2D eigenvalue weighted by molar-refractivity contribution is 5.41. The number of halogens is 2. The zero-order valence-electron chi connectivity index (χ0n) is 15.0. The Morgan fingerprint density at radius 3 is 1.75 bits per heavy atom. The Labute approximate surface area is 144 Å². The number of hydrogen-bond acceptors (Lipinski definition) is 1. The van der Waals surface area contributed by atoms with E-state index in [0.29, 0.717) is 11.1 Å². The van der Waals surface area contributed by atoms with Crippen molar-refractivity contribution in [2.75, 3.05) is 20.6 Å². The fourth-order valence-electron chi connectivity index (χ4n) is 3.70. The Morgan fingerprint density at radius 2 is 1.38 bits per heavy atom. The van der Waals surface area contributed by atoms with Crippen molar-refractivity contribution in [3.63, 3.8) is 0 Å². The number of hydrogen-bond donors (Lipinski definition) is 0. The zero-order valence-corrected chi connectivity index (χ0v) is 15.0. The lowest BCUT2D eigenvalue weighted by molar-refractivity contribution is 0.227. The molecule has 0 saturated carbocycles. The molecule has 0 aliphatic heterocycles. The van der Waals surface area contributed by atoms with Crippen molar-refractivity contribution in [2.24, 2.45) is 5.92 Å². The first kappa shape index (κ1) is 18.6. The standard InChI is InChI=1S/C21H27F2N/c1-5-10-16(15-24(3)4)21(2,17-11-6-8-13-19(17)22)18-12-7-9-14-20(18)23/h6-9,11-14,16H,5,10,15H2,1-4H3. The summed E-state index contributed by atoms with van der Waals surface area (Å²) in [4.78, 5) is 2.10. The van der Waals surface area contributed by atoms with Crippen molar-refractivity contribution >= 4 is 0 Å². The molecule has 0 saturated heterocycles. The van der Waals surface area contributed by atoms with Gasteiger partial charge in [0, 0.05) is 12.0 Å². The van der Waals surface area contributed by atoms with Gasteiger partial charge in [0.2, 0.25) is 0 Å². The molecule has 0 fully saturated rings. The Hall–Kier alpha value is -1.74. The van der Waals surface area contributed by atoms with Gasteiger partial charge >= 0.3 is 0 Å². The van der Waals surface area contributed by atoms with Crippen molar-refractivity contribution in [3.8, 4) is 0 Å². The van der Waals surface area contributed by atoms with Crippen molar-refractivity contribution in [2.45, 2.75) is 32.1 Å². The first-order chi connectivity index (χ1) is 11.4. The van der Waals surface area contributed by atoms with Crippen LogP contribution >= 0.6 is 0 Å². The summed E-state index contributed by atoms with van der Waals surface area (Å²) in [5.41, 5.74) is 0.405. The second-order valence-corrected chi connectivity index (χ2v) is 6.91. The van der Waals surface area contributed by atoms with Crippen molar-refractivity contribution in [3.05, 3.63) is 71.3 Å². The zero-order chi connectivity index (χ0) is 17.7. The lowest BCUT2D eigenvalue weighted by atomic mass is 9.65. The minimum Gasteiger partial charge on any atom is -0.309 e.